The molecule has 24 heavy (non-hydrogen) atoms. The van der Waals surface area contributed by atoms with Gasteiger partial charge >= 0.3 is 0 Å². The van der Waals surface area contributed by atoms with Crippen LogP contribution in [0.5, 0.6) is 0 Å². The molecule has 3 aromatic rings. The predicted molar refractivity (Wildman–Crippen MR) is 98.7 cm³/mol. The third-order valence-electron chi connectivity index (χ3n) is 4.08. The van der Waals surface area contributed by atoms with Crippen molar-refractivity contribution in [3.8, 4) is 5.69 Å². The normalized spacial score (nSPS) is 11.5. The minimum absolute atomic E-state index is 0.482. The topological polar surface area (TPSA) is 26.5 Å². The lowest BCUT2D eigenvalue weighted by atomic mass is 10.1. The highest BCUT2D eigenvalue weighted by atomic mass is 16.6. The molecule has 1 heterocycles. The van der Waals surface area contributed by atoms with Crippen LogP contribution in [0.1, 0.15) is 29.2 Å². The molecule has 0 saturated heterocycles. The van der Waals surface area contributed by atoms with Crippen LogP contribution in [0, 0.1) is 13.8 Å². The SMILES string of the molecule is C/C(=N\OCc1ccccc1)c1ccn(-c2c(C)cccc2C)c1. The van der Waals surface area contributed by atoms with E-state index in [1.165, 1.54) is 16.8 Å². The van der Waals surface area contributed by atoms with Crippen LogP contribution < -0.4 is 0 Å². The van der Waals surface area contributed by atoms with Gasteiger partial charge in [-0.15, -0.1) is 0 Å². The summed E-state index contributed by atoms with van der Waals surface area (Å²) in [5.41, 5.74) is 6.78. The summed E-state index contributed by atoms with van der Waals surface area (Å²) in [6, 6.07) is 18.5. The second kappa shape index (κ2) is 7.18. The molecule has 2 aromatic carbocycles. The second-order valence-electron chi connectivity index (χ2n) is 5.98. The molecule has 1 aromatic heterocycles. The van der Waals surface area contributed by atoms with Crippen LogP contribution in [0.3, 0.4) is 0 Å². The highest BCUT2D eigenvalue weighted by Gasteiger charge is 2.07. The van der Waals surface area contributed by atoms with Crippen molar-refractivity contribution in [2.75, 3.05) is 0 Å². The van der Waals surface area contributed by atoms with Crippen LogP contribution >= 0.6 is 0 Å². The Hall–Kier alpha value is -2.81. The number of aromatic nitrogens is 1. The number of rotatable bonds is 5. The first-order chi connectivity index (χ1) is 11.6. The third kappa shape index (κ3) is 3.57. The highest BCUT2D eigenvalue weighted by Crippen LogP contribution is 2.20. The smallest absolute Gasteiger partial charge is 0.142 e. The maximum atomic E-state index is 5.48. The van der Waals surface area contributed by atoms with E-state index in [2.05, 4.69) is 60.2 Å². The van der Waals surface area contributed by atoms with Crippen LogP contribution in [-0.4, -0.2) is 10.3 Å². The van der Waals surface area contributed by atoms with Crippen molar-refractivity contribution < 1.29 is 4.84 Å². The van der Waals surface area contributed by atoms with E-state index in [4.69, 9.17) is 4.84 Å². The van der Waals surface area contributed by atoms with Crippen LogP contribution in [0.15, 0.2) is 72.1 Å². The summed E-state index contributed by atoms with van der Waals surface area (Å²) in [6.45, 7) is 6.71. The zero-order valence-electron chi connectivity index (χ0n) is 14.4. The Morgan fingerprint density at radius 1 is 0.958 bits per heavy atom. The molecule has 122 valence electrons. The number of oxime groups is 1. The first kappa shape index (κ1) is 16.1. The summed E-state index contributed by atoms with van der Waals surface area (Å²) in [5.74, 6) is 0. The number of aryl methyl sites for hydroxylation is 2. The average molecular weight is 318 g/mol. The fraction of sp³-hybridized carbons (Fsp3) is 0.190. The molecule has 0 radical (unpaired) electrons. The molecule has 0 unspecified atom stereocenters. The molecule has 0 aliphatic rings. The molecule has 0 atom stereocenters. The van der Waals surface area contributed by atoms with Crippen LogP contribution in [0.25, 0.3) is 5.69 Å². The summed E-state index contributed by atoms with van der Waals surface area (Å²) in [4.78, 5) is 5.48. The Labute approximate surface area is 143 Å². The lowest BCUT2D eigenvalue weighted by molar-refractivity contribution is 0.130. The van der Waals surface area contributed by atoms with Gasteiger partial charge in [0.25, 0.3) is 0 Å². The lowest BCUT2D eigenvalue weighted by Gasteiger charge is -2.10. The van der Waals surface area contributed by atoms with Gasteiger partial charge in [-0.1, -0.05) is 53.7 Å². The van der Waals surface area contributed by atoms with Crippen LogP contribution in [-0.2, 0) is 11.4 Å². The summed E-state index contributed by atoms with van der Waals surface area (Å²) in [7, 11) is 0. The van der Waals surface area contributed by atoms with Crippen molar-refractivity contribution >= 4 is 5.71 Å². The van der Waals surface area contributed by atoms with Gasteiger partial charge in [-0.05, 0) is 43.5 Å². The summed E-state index contributed by atoms with van der Waals surface area (Å²) >= 11 is 0. The van der Waals surface area contributed by atoms with Crippen molar-refractivity contribution in [1.29, 1.82) is 0 Å². The molecule has 0 aliphatic heterocycles. The van der Waals surface area contributed by atoms with E-state index >= 15 is 0 Å². The van der Waals surface area contributed by atoms with Gasteiger partial charge in [0.05, 0.1) is 11.4 Å². The molecule has 0 saturated carbocycles. The van der Waals surface area contributed by atoms with E-state index in [-0.39, 0.29) is 0 Å². The minimum Gasteiger partial charge on any atom is -0.391 e. The Morgan fingerprint density at radius 2 is 1.67 bits per heavy atom. The van der Waals surface area contributed by atoms with E-state index in [0.717, 1.165) is 16.8 Å². The molecule has 3 heteroatoms. The Kier molecular flexibility index (Phi) is 4.80. The van der Waals surface area contributed by atoms with E-state index in [9.17, 15) is 0 Å². The molecule has 3 rings (SSSR count). The molecular weight excluding hydrogens is 296 g/mol. The maximum absolute atomic E-state index is 5.48. The van der Waals surface area contributed by atoms with Gasteiger partial charge in [-0.25, -0.2) is 0 Å². The maximum Gasteiger partial charge on any atom is 0.142 e. The van der Waals surface area contributed by atoms with Gasteiger partial charge in [0.2, 0.25) is 0 Å². The summed E-state index contributed by atoms with van der Waals surface area (Å²) in [5, 5.41) is 4.24. The van der Waals surface area contributed by atoms with Crippen molar-refractivity contribution in [2.45, 2.75) is 27.4 Å². The zero-order valence-corrected chi connectivity index (χ0v) is 14.4. The van der Waals surface area contributed by atoms with Gasteiger partial charge in [0.15, 0.2) is 0 Å². The van der Waals surface area contributed by atoms with Crippen LogP contribution in [0.2, 0.25) is 0 Å². The molecule has 0 bridgehead atoms. The molecule has 3 nitrogen and oxygen atoms in total. The zero-order chi connectivity index (χ0) is 16.9. The monoisotopic (exact) mass is 318 g/mol. The van der Waals surface area contributed by atoms with E-state index in [0.29, 0.717) is 6.61 Å². The van der Waals surface area contributed by atoms with Gasteiger partial charge < -0.3 is 9.40 Å². The molecule has 0 spiro atoms. The molecular formula is C21H22N2O. The Morgan fingerprint density at radius 3 is 2.38 bits per heavy atom. The van der Waals surface area contributed by atoms with E-state index < -0.39 is 0 Å². The van der Waals surface area contributed by atoms with Crippen molar-refractivity contribution in [3.05, 3.63) is 89.2 Å². The molecule has 0 N–H and O–H groups in total. The largest absolute Gasteiger partial charge is 0.391 e. The number of nitrogens with zero attached hydrogens (tertiary/aromatic N) is 2. The predicted octanol–water partition coefficient (Wildman–Crippen LogP) is 5.03. The summed E-state index contributed by atoms with van der Waals surface area (Å²) < 4.78 is 2.15. The third-order valence-corrected chi connectivity index (χ3v) is 4.08. The fourth-order valence-corrected chi connectivity index (χ4v) is 2.79. The molecule has 0 aliphatic carbocycles. The second-order valence-corrected chi connectivity index (χ2v) is 5.98. The van der Waals surface area contributed by atoms with Gasteiger partial charge in [0, 0.05) is 18.0 Å². The van der Waals surface area contributed by atoms with Crippen LogP contribution in [0.4, 0.5) is 0 Å². The number of para-hydroxylation sites is 1. The van der Waals surface area contributed by atoms with Gasteiger partial charge in [-0.2, -0.15) is 0 Å². The summed E-state index contributed by atoms with van der Waals surface area (Å²) in [6.07, 6.45) is 4.17. The first-order valence-corrected chi connectivity index (χ1v) is 8.10. The van der Waals surface area contributed by atoms with Gasteiger partial charge in [-0.3, -0.25) is 0 Å². The Balaban J connectivity index is 1.74. The average Bonchev–Trinajstić information content (AvgIpc) is 3.05. The van der Waals surface area contributed by atoms with Crippen molar-refractivity contribution in [2.24, 2.45) is 5.16 Å². The molecule has 0 fully saturated rings. The number of benzene rings is 2. The quantitative estimate of drug-likeness (QED) is 0.478. The lowest BCUT2D eigenvalue weighted by Crippen LogP contribution is -1.99. The van der Waals surface area contributed by atoms with Gasteiger partial charge in [0.1, 0.15) is 6.61 Å². The molecule has 0 amide bonds. The number of hydrogen-bond acceptors (Lipinski definition) is 2. The highest BCUT2D eigenvalue weighted by molar-refractivity contribution is 5.98. The van der Waals surface area contributed by atoms with Crippen molar-refractivity contribution in [1.82, 2.24) is 4.57 Å². The first-order valence-electron chi connectivity index (χ1n) is 8.10. The standard InChI is InChI=1S/C21H22N2O/c1-16-8-7-9-17(2)21(16)23-13-12-20(14-23)18(3)22-24-15-19-10-5-4-6-11-19/h4-14H,15H2,1-3H3/b22-18+. The van der Waals surface area contributed by atoms with Crippen molar-refractivity contribution in [3.63, 3.8) is 0 Å². The Bertz CT molecular complexity index is 827. The van der Waals surface area contributed by atoms with E-state index in [1.807, 2.05) is 37.3 Å². The van der Waals surface area contributed by atoms with E-state index in [1.54, 1.807) is 0 Å². The minimum atomic E-state index is 0.482. The number of hydrogen-bond donors (Lipinski definition) is 0. The fourth-order valence-electron chi connectivity index (χ4n) is 2.79.